The first-order chi connectivity index (χ1) is 5.83. The van der Waals surface area contributed by atoms with Crippen molar-refractivity contribution >= 4 is 17.1 Å². The lowest BCUT2D eigenvalue weighted by Crippen LogP contribution is -1.99. The molecular weight excluding hydrogens is 168 g/mol. The van der Waals surface area contributed by atoms with Crippen molar-refractivity contribution in [2.75, 3.05) is 0 Å². The van der Waals surface area contributed by atoms with Gasteiger partial charge in [-0.25, -0.2) is 0 Å². The van der Waals surface area contributed by atoms with Crippen molar-refractivity contribution < 1.29 is 4.79 Å². The molecule has 0 saturated carbocycles. The van der Waals surface area contributed by atoms with Gasteiger partial charge in [0.1, 0.15) is 5.78 Å². The first-order valence-corrected chi connectivity index (χ1v) is 4.68. The van der Waals surface area contributed by atoms with E-state index in [9.17, 15) is 4.79 Å². The van der Waals surface area contributed by atoms with Crippen molar-refractivity contribution in [1.82, 2.24) is 0 Å². The molecule has 2 heteroatoms. The zero-order valence-corrected chi connectivity index (χ0v) is 7.56. The second-order valence-electron chi connectivity index (χ2n) is 2.50. The SMILES string of the molecule is C#CCCC(=O)Cc1cccs1. The predicted molar refractivity (Wildman–Crippen MR) is 51.1 cm³/mol. The number of rotatable bonds is 4. The highest BCUT2D eigenvalue weighted by Gasteiger charge is 2.02. The number of thiophene rings is 1. The highest BCUT2D eigenvalue weighted by atomic mass is 32.1. The van der Waals surface area contributed by atoms with Crippen LogP contribution >= 0.6 is 11.3 Å². The van der Waals surface area contributed by atoms with E-state index in [-0.39, 0.29) is 5.78 Å². The van der Waals surface area contributed by atoms with Crippen LogP contribution in [0.25, 0.3) is 0 Å². The van der Waals surface area contributed by atoms with Crippen LogP contribution in [0.2, 0.25) is 0 Å². The fourth-order valence-corrected chi connectivity index (χ4v) is 1.64. The molecule has 0 aromatic carbocycles. The molecule has 0 aliphatic rings. The van der Waals surface area contributed by atoms with Gasteiger partial charge in [-0.05, 0) is 11.4 Å². The average molecular weight is 178 g/mol. The minimum atomic E-state index is 0.232. The third-order valence-electron chi connectivity index (χ3n) is 1.50. The normalized spacial score (nSPS) is 9.25. The van der Waals surface area contributed by atoms with Gasteiger partial charge >= 0.3 is 0 Å². The molecule has 0 spiro atoms. The van der Waals surface area contributed by atoms with Crippen molar-refractivity contribution in [3.8, 4) is 12.3 Å². The molecule has 0 N–H and O–H groups in total. The summed E-state index contributed by atoms with van der Waals surface area (Å²) < 4.78 is 0. The number of terminal acetylenes is 1. The Morgan fingerprint density at radius 2 is 2.50 bits per heavy atom. The monoisotopic (exact) mass is 178 g/mol. The van der Waals surface area contributed by atoms with E-state index in [0.717, 1.165) is 4.88 Å². The van der Waals surface area contributed by atoms with E-state index in [4.69, 9.17) is 6.42 Å². The summed E-state index contributed by atoms with van der Waals surface area (Å²) in [5.41, 5.74) is 0. The van der Waals surface area contributed by atoms with Gasteiger partial charge in [-0.3, -0.25) is 4.79 Å². The van der Waals surface area contributed by atoms with Crippen LogP contribution in [0.15, 0.2) is 17.5 Å². The summed E-state index contributed by atoms with van der Waals surface area (Å²) in [5.74, 6) is 2.69. The number of carbonyl (C=O) groups excluding carboxylic acids is 1. The molecule has 1 heterocycles. The van der Waals surface area contributed by atoms with Crippen molar-refractivity contribution in [1.29, 1.82) is 0 Å². The minimum absolute atomic E-state index is 0.232. The molecule has 0 aliphatic carbocycles. The molecule has 0 aliphatic heterocycles. The van der Waals surface area contributed by atoms with Crippen LogP contribution in [0.3, 0.4) is 0 Å². The van der Waals surface area contributed by atoms with E-state index in [1.165, 1.54) is 0 Å². The predicted octanol–water partition coefficient (Wildman–Crippen LogP) is 2.27. The Morgan fingerprint density at radius 1 is 1.67 bits per heavy atom. The summed E-state index contributed by atoms with van der Waals surface area (Å²) in [6, 6.07) is 3.92. The summed E-state index contributed by atoms with van der Waals surface area (Å²) in [7, 11) is 0. The van der Waals surface area contributed by atoms with E-state index in [0.29, 0.717) is 19.3 Å². The van der Waals surface area contributed by atoms with Crippen LogP contribution < -0.4 is 0 Å². The van der Waals surface area contributed by atoms with Gasteiger partial charge in [0.05, 0.1) is 0 Å². The van der Waals surface area contributed by atoms with Gasteiger partial charge in [-0.2, -0.15) is 0 Å². The van der Waals surface area contributed by atoms with Gasteiger partial charge in [0.15, 0.2) is 0 Å². The maximum absolute atomic E-state index is 11.2. The zero-order valence-electron chi connectivity index (χ0n) is 6.75. The number of hydrogen-bond donors (Lipinski definition) is 0. The highest BCUT2D eigenvalue weighted by Crippen LogP contribution is 2.10. The molecule has 0 fully saturated rings. The fraction of sp³-hybridized carbons (Fsp3) is 0.300. The molecule has 1 aromatic rings. The van der Waals surface area contributed by atoms with Crippen molar-refractivity contribution in [3.05, 3.63) is 22.4 Å². The Balaban J connectivity index is 2.33. The Morgan fingerprint density at radius 3 is 3.08 bits per heavy atom. The van der Waals surface area contributed by atoms with Crippen LogP contribution in [0.4, 0.5) is 0 Å². The number of carbonyl (C=O) groups is 1. The fourth-order valence-electron chi connectivity index (χ4n) is 0.907. The highest BCUT2D eigenvalue weighted by molar-refractivity contribution is 7.10. The topological polar surface area (TPSA) is 17.1 Å². The second kappa shape index (κ2) is 4.74. The number of ketones is 1. The van der Waals surface area contributed by atoms with Crippen LogP contribution in [0.1, 0.15) is 17.7 Å². The summed E-state index contributed by atoms with van der Waals surface area (Å²) in [5, 5.41) is 1.98. The van der Waals surface area contributed by atoms with Crippen molar-refractivity contribution in [2.24, 2.45) is 0 Å². The van der Waals surface area contributed by atoms with Gasteiger partial charge in [-0.1, -0.05) is 6.07 Å². The molecule has 62 valence electrons. The van der Waals surface area contributed by atoms with E-state index in [1.54, 1.807) is 11.3 Å². The third-order valence-corrected chi connectivity index (χ3v) is 2.38. The van der Waals surface area contributed by atoms with Gasteiger partial charge in [0, 0.05) is 24.1 Å². The Bertz CT molecular complexity index is 279. The van der Waals surface area contributed by atoms with Crippen molar-refractivity contribution in [2.45, 2.75) is 19.3 Å². The number of Topliss-reactive ketones (excluding diaryl/α,β-unsaturated/α-hetero) is 1. The molecule has 1 nitrogen and oxygen atoms in total. The van der Waals surface area contributed by atoms with Crippen LogP contribution in [-0.4, -0.2) is 5.78 Å². The summed E-state index contributed by atoms with van der Waals surface area (Å²) in [4.78, 5) is 12.3. The summed E-state index contributed by atoms with van der Waals surface area (Å²) in [6.45, 7) is 0. The van der Waals surface area contributed by atoms with Crippen LogP contribution in [0, 0.1) is 12.3 Å². The molecule has 12 heavy (non-hydrogen) atoms. The molecule has 0 amide bonds. The summed E-state index contributed by atoms with van der Waals surface area (Å²) >= 11 is 1.61. The first kappa shape index (κ1) is 9.02. The standard InChI is InChI=1S/C10H10OS/c1-2-3-5-9(11)8-10-6-4-7-12-10/h1,4,6-7H,3,5,8H2. The second-order valence-corrected chi connectivity index (χ2v) is 3.53. The molecule has 1 rings (SSSR count). The van der Waals surface area contributed by atoms with Gasteiger partial charge in [0.25, 0.3) is 0 Å². The van der Waals surface area contributed by atoms with Gasteiger partial charge in [-0.15, -0.1) is 23.7 Å². The van der Waals surface area contributed by atoms with E-state index >= 15 is 0 Å². The average Bonchev–Trinajstić information content (AvgIpc) is 2.53. The number of hydrogen-bond acceptors (Lipinski definition) is 2. The quantitative estimate of drug-likeness (QED) is 0.646. The Hall–Kier alpha value is -1.07. The van der Waals surface area contributed by atoms with E-state index < -0.39 is 0 Å². The minimum Gasteiger partial charge on any atom is -0.299 e. The largest absolute Gasteiger partial charge is 0.299 e. The van der Waals surface area contributed by atoms with Gasteiger partial charge in [0.2, 0.25) is 0 Å². The molecule has 1 aromatic heterocycles. The summed E-state index contributed by atoms with van der Waals surface area (Å²) in [6.07, 6.45) is 6.66. The maximum atomic E-state index is 11.2. The zero-order chi connectivity index (χ0) is 8.81. The molecule has 0 bridgehead atoms. The molecule has 0 radical (unpaired) electrons. The van der Waals surface area contributed by atoms with Gasteiger partial charge < -0.3 is 0 Å². The first-order valence-electron chi connectivity index (χ1n) is 3.80. The molecule has 0 atom stereocenters. The Labute approximate surface area is 76.4 Å². The molecular formula is C10H10OS. The van der Waals surface area contributed by atoms with Crippen LogP contribution in [-0.2, 0) is 11.2 Å². The Kier molecular flexibility index (Phi) is 3.56. The van der Waals surface area contributed by atoms with E-state index in [1.807, 2.05) is 17.5 Å². The smallest absolute Gasteiger partial charge is 0.139 e. The lowest BCUT2D eigenvalue weighted by Gasteiger charge is -1.93. The van der Waals surface area contributed by atoms with Crippen molar-refractivity contribution in [3.63, 3.8) is 0 Å². The lowest BCUT2D eigenvalue weighted by molar-refractivity contribution is -0.118. The van der Waals surface area contributed by atoms with E-state index in [2.05, 4.69) is 5.92 Å². The maximum Gasteiger partial charge on any atom is 0.139 e. The van der Waals surface area contributed by atoms with Crippen LogP contribution in [0.5, 0.6) is 0 Å². The third kappa shape index (κ3) is 2.89. The molecule has 0 saturated heterocycles. The lowest BCUT2D eigenvalue weighted by atomic mass is 10.1. The molecule has 0 unspecified atom stereocenters.